The number of ether oxygens (including phenoxy) is 2. The van der Waals surface area contributed by atoms with Crippen molar-refractivity contribution in [2.45, 2.75) is 20.4 Å². The Balaban J connectivity index is 2.15. The molecule has 3 amide bonds. The summed E-state index contributed by atoms with van der Waals surface area (Å²) in [6.07, 6.45) is 3.55. The fourth-order valence-electron chi connectivity index (χ4n) is 3.29. The normalized spacial score (nSPS) is 10.6. The molecule has 2 aromatic rings. The van der Waals surface area contributed by atoms with Gasteiger partial charge in [-0.1, -0.05) is 19.9 Å². The number of hydrogen-bond acceptors (Lipinski definition) is 4. The summed E-state index contributed by atoms with van der Waals surface area (Å²) in [6.45, 7) is 9.11. The van der Waals surface area contributed by atoms with Crippen molar-refractivity contribution in [3.63, 3.8) is 0 Å². The number of amides is 3. The molecule has 0 unspecified atom stereocenters. The van der Waals surface area contributed by atoms with Gasteiger partial charge in [0.2, 0.25) is 5.91 Å². The van der Waals surface area contributed by atoms with Crippen LogP contribution in [0.1, 0.15) is 19.5 Å². The lowest BCUT2D eigenvalue weighted by atomic mass is 10.2. The lowest BCUT2D eigenvalue weighted by molar-refractivity contribution is -0.132. The molecule has 0 spiro atoms. The molecule has 8 nitrogen and oxygen atoms in total. The van der Waals surface area contributed by atoms with Crippen molar-refractivity contribution >= 4 is 17.6 Å². The minimum atomic E-state index is -0.412. The van der Waals surface area contributed by atoms with Crippen LogP contribution in [0.4, 0.5) is 10.5 Å². The standard InChI is InChI=1S/C24H34N4O4/c1-7-12-27(24(30)25-21-11-10-20(31-5)14-22(21)32-6)17-23(29)28(15-18(2)3)16-19-9-8-13-26(19)4/h7-11,13-14,18H,1,12,15-17H2,2-6H3,(H,25,30). The highest BCUT2D eigenvalue weighted by Gasteiger charge is 2.23. The largest absolute Gasteiger partial charge is 0.497 e. The predicted molar refractivity (Wildman–Crippen MR) is 126 cm³/mol. The van der Waals surface area contributed by atoms with Crippen LogP contribution in [0.15, 0.2) is 49.2 Å². The van der Waals surface area contributed by atoms with Crippen LogP contribution in [-0.4, -0.2) is 60.2 Å². The smallest absolute Gasteiger partial charge is 0.322 e. The summed E-state index contributed by atoms with van der Waals surface area (Å²) in [5, 5.41) is 2.82. The quantitative estimate of drug-likeness (QED) is 0.538. The van der Waals surface area contributed by atoms with E-state index in [4.69, 9.17) is 9.47 Å². The van der Waals surface area contributed by atoms with Crippen molar-refractivity contribution in [1.82, 2.24) is 14.4 Å². The number of urea groups is 1. The van der Waals surface area contributed by atoms with Crippen molar-refractivity contribution < 1.29 is 19.1 Å². The van der Waals surface area contributed by atoms with Crippen LogP contribution in [0.2, 0.25) is 0 Å². The number of benzene rings is 1. The highest BCUT2D eigenvalue weighted by atomic mass is 16.5. The van der Waals surface area contributed by atoms with E-state index >= 15 is 0 Å². The third-order valence-electron chi connectivity index (χ3n) is 4.96. The molecule has 0 atom stereocenters. The maximum absolute atomic E-state index is 13.2. The second kappa shape index (κ2) is 11.8. The zero-order valence-electron chi connectivity index (χ0n) is 19.6. The Kier molecular flexibility index (Phi) is 9.19. The molecule has 0 saturated carbocycles. The first-order chi connectivity index (χ1) is 15.3. The maximum Gasteiger partial charge on any atom is 0.322 e. The number of nitrogens with one attached hydrogen (secondary N) is 1. The Morgan fingerprint density at radius 2 is 1.94 bits per heavy atom. The number of carbonyl (C=O) groups is 2. The fraction of sp³-hybridized carbons (Fsp3) is 0.417. The van der Waals surface area contributed by atoms with Gasteiger partial charge in [0.15, 0.2) is 0 Å². The first-order valence-electron chi connectivity index (χ1n) is 10.6. The van der Waals surface area contributed by atoms with Gasteiger partial charge in [-0.2, -0.15) is 0 Å². The van der Waals surface area contributed by atoms with Crippen LogP contribution in [-0.2, 0) is 18.4 Å². The number of aryl methyl sites for hydroxylation is 1. The van der Waals surface area contributed by atoms with Gasteiger partial charge in [0.25, 0.3) is 0 Å². The molecular weight excluding hydrogens is 408 g/mol. The zero-order chi connectivity index (χ0) is 23.7. The van der Waals surface area contributed by atoms with Gasteiger partial charge < -0.3 is 29.2 Å². The van der Waals surface area contributed by atoms with E-state index < -0.39 is 6.03 Å². The molecular formula is C24H34N4O4. The van der Waals surface area contributed by atoms with Crippen molar-refractivity contribution in [3.05, 3.63) is 54.9 Å². The number of carbonyl (C=O) groups excluding carboxylic acids is 2. The molecule has 0 aliphatic heterocycles. The van der Waals surface area contributed by atoms with E-state index in [1.807, 2.05) is 29.9 Å². The van der Waals surface area contributed by atoms with E-state index in [0.29, 0.717) is 36.2 Å². The number of methoxy groups -OCH3 is 2. The predicted octanol–water partition coefficient (Wildman–Crippen LogP) is 3.75. The van der Waals surface area contributed by atoms with E-state index in [-0.39, 0.29) is 19.0 Å². The highest BCUT2D eigenvalue weighted by molar-refractivity contribution is 5.93. The fourth-order valence-corrected chi connectivity index (χ4v) is 3.29. The molecule has 0 saturated heterocycles. The number of anilines is 1. The number of nitrogens with zero attached hydrogens (tertiary/aromatic N) is 3. The minimum absolute atomic E-state index is 0.0620. The molecule has 1 N–H and O–H groups in total. The van der Waals surface area contributed by atoms with Crippen molar-refractivity contribution in [2.75, 3.05) is 39.2 Å². The molecule has 1 aromatic heterocycles. The summed E-state index contributed by atoms with van der Waals surface area (Å²) < 4.78 is 12.5. The summed E-state index contributed by atoms with van der Waals surface area (Å²) in [5.74, 6) is 1.25. The summed E-state index contributed by atoms with van der Waals surface area (Å²) in [6, 6.07) is 8.64. The molecule has 0 bridgehead atoms. The topological polar surface area (TPSA) is 76.0 Å². The summed E-state index contributed by atoms with van der Waals surface area (Å²) in [4.78, 5) is 29.4. The van der Waals surface area contributed by atoms with E-state index in [9.17, 15) is 9.59 Å². The van der Waals surface area contributed by atoms with Crippen LogP contribution in [0, 0.1) is 5.92 Å². The summed E-state index contributed by atoms with van der Waals surface area (Å²) in [5.41, 5.74) is 1.52. The van der Waals surface area contributed by atoms with Gasteiger partial charge >= 0.3 is 6.03 Å². The number of rotatable bonds is 11. The lowest BCUT2D eigenvalue weighted by Gasteiger charge is -2.28. The molecule has 8 heteroatoms. The van der Waals surface area contributed by atoms with Crippen molar-refractivity contribution in [1.29, 1.82) is 0 Å². The van der Waals surface area contributed by atoms with Crippen LogP contribution in [0.3, 0.4) is 0 Å². The molecule has 32 heavy (non-hydrogen) atoms. The summed E-state index contributed by atoms with van der Waals surface area (Å²) >= 11 is 0. The first-order valence-corrected chi connectivity index (χ1v) is 10.6. The van der Waals surface area contributed by atoms with Gasteiger partial charge in [0.05, 0.1) is 26.5 Å². The van der Waals surface area contributed by atoms with Gasteiger partial charge in [-0.05, 0) is 30.2 Å². The average molecular weight is 443 g/mol. The monoisotopic (exact) mass is 442 g/mol. The Morgan fingerprint density at radius 1 is 1.19 bits per heavy atom. The Labute approximate surface area is 190 Å². The third kappa shape index (κ3) is 6.80. The molecule has 0 radical (unpaired) electrons. The Bertz CT molecular complexity index is 922. The van der Waals surface area contributed by atoms with Crippen LogP contribution >= 0.6 is 0 Å². The van der Waals surface area contributed by atoms with E-state index in [1.54, 1.807) is 36.3 Å². The highest BCUT2D eigenvalue weighted by Crippen LogP contribution is 2.29. The summed E-state index contributed by atoms with van der Waals surface area (Å²) in [7, 11) is 5.03. The molecule has 1 aromatic carbocycles. The van der Waals surface area contributed by atoms with Crippen LogP contribution < -0.4 is 14.8 Å². The maximum atomic E-state index is 13.2. The molecule has 0 fully saturated rings. The molecule has 174 valence electrons. The molecule has 0 aliphatic carbocycles. The van der Waals surface area contributed by atoms with Gasteiger partial charge in [0, 0.05) is 38.1 Å². The third-order valence-corrected chi connectivity index (χ3v) is 4.96. The molecule has 0 aliphatic rings. The van der Waals surface area contributed by atoms with Crippen LogP contribution in [0.5, 0.6) is 11.5 Å². The lowest BCUT2D eigenvalue weighted by Crippen LogP contribution is -2.45. The van der Waals surface area contributed by atoms with Gasteiger partial charge in [-0.3, -0.25) is 4.79 Å². The van der Waals surface area contributed by atoms with Gasteiger partial charge in [0.1, 0.15) is 18.0 Å². The first kappa shape index (κ1) is 24.8. The van der Waals surface area contributed by atoms with Gasteiger partial charge in [-0.25, -0.2) is 4.79 Å². The van der Waals surface area contributed by atoms with Crippen molar-refractivity contribution in [3.8, 4) is 11.5 Å². The molecule has 2 rings (SSSR count). The number of aromatic nitrogens is 1. The van der Waals surface area contributed by atoms with Crippen molar-refractivity contribution in [2.24, 2.45) is 13.0 Å². The average Bonchev–Trinajstić information content (AvgIpc) is 3.17. The number of hydrogen-bond donors (Lipinski definition) is 1. The second-order valence-corrected chi connectivity index (χ2v) is 7.94. The van der Waals surface area contributed by atoms with Crippen LogP contribution in [0.25, 0.3) is 0 Å². The second-order valence-electron chi connectivity index (χ2n) is 7.94. The zero-order valence-corrected chi connectivity index (χ0v) is 19.6. The molecule has 1 heterocycles. The SMILES string of the molecule is C=CCN(CC(=O)N(Cc1cccn1C)CC(C)C)C(=O)Nc1ccc(OC)cc1OC. The van der Waals surface area contributed by atoms with Gasteiger partial charge in [-0.15, -0.1) is 6.58 Å². The minimum Gasteiger partial charge on any atom is -0.497 e. The van der Waals surface area contributed by atoms with E-state index in [1.165, 1.54) is 12.0 Å². The Hall–Kier alpha value is -3.42. The Morgan fingerprint density at radius 3 is 2.50 bits per heavy atom. The van der Waals surface area contributed by atoms with E-state index in [2.05, 4.69) is 25.7 Å². The van der Waals surface area contributed by atoms with E-state index in [0.717, 1.165) is 5.69 Å².